The van der Waals surface area contributed by atoms with Gasteiger partial charge in [-0.3, -0.25) is 4.79 Å². The SMILES string of the molecule is NC1CCC(NC(=O)c2cc3c(s2)CCC3)CC1. The number of thiophene rings is 1. The van der Waals surface area contributed by atoms with Crippen molar-refractivity contribution in [1.82, 2.24) is 5.32 Å². The van der Waals surface area contributed by atoms with Gasteiger partial charge in [-0.1, -0.05) is 0 Å². The van der Waals surface area contributed by atoms with E-state index in [2.05, 4.69) is 11.4 Å². The Morgan fingerprint density at radius 2 is 2.06 bits per heavy atom. The second kappa shape index (κ2) is 5.02. The lowest BCUT2D eigenvalue weighted by atomic mass is 9.92. The zero-order valence-corrected chi connectivity index (χ0v) is 11.4. The number of nitrogens with two attached hydrogens (primary N) is 1. The van der Waals surface area contributed by atoms with Crippen LogP contribution in [0.5, 0.6) is 0 Å². The van der Waals surface area contributed by atoms with Gasteiger partial charge in [0.1, 0.15) is 0 Å². The summed E-state index contributed by atoms with van der Waals surface area (Å²) in [5, 5.41) is 3.16. The molecule has 18 heavy (non-hydrogen) atoms. The number of carbonyl (C=O) groups is 1. The van der Waals surface area contributed by atoms with Crippen LogP contribution in [0.25, 0.3) is 0 Å². The Morgan fingerprint density at radius 1 is 1.28 bits per heavy atom. The van der Waals surface area contributed by atoms with Gasteiger partial charge in [0.15, 0.2) is 0 Å². The molecule has 3 N–H and O–H groups in total. The highest BCUT2D eigenvalue weighted by Crippen LogP contribution is 2.30. The lowest BCUT2D eigenvalue weighted by Crippen LogP contribution is -2.40. The summed E-state index contributed by atoms with van der Waals surface area (Å²) >= 11 is 1.68. The van der Waals surface area contributed by atoms with Gasteiger partial charge in [0.05, 0.1) is 4.88 Å². The molecule has 0 saturated heterocycles. The Kier molecular flexibility index (Phi) is 3.39. The minimum absolute atomic E-state index is 0.120. The molecule has 1 aromatic rings. The third-order valence-corrected chi connectivity index (χ3v) is 5.31. The highest BCUT2D eigenvalue weighted by molar-refractivity contribution is 7.14. The Hall–Kier alpha value is -0.870. The van der Waals surface area contributed by atoms with E-state index >= 15 is 0 Å². The second-order valence-corrected chi connectivity index (χ2v) is 6.63. The minimum atomic E-state index is 0.120. The molecule has 1 fully saturated rings. The predicted molar refractivity (Wildman–Crippen MR) is 74.0 cm³/mol. The highest BCUT2D eigenvalue weighted by atomic mass is 32.1. The molecule has 2 aliphatic rings. The van der Waals surface area contributed by atoms with Crippen molar-refractivity contribution in [3.8, 4) is 0 Å². The fourth-order valence-electron chi connectivity index (χ4n) is 2.96. The van der Waals surface area contributed by atoms with Crippen LogP contribution in [-0.2, 0) is 12.8 Å². The first-order chi connectivity index (χ1) is 8.72. The average molecular weight is 264 g/mol. The van der Waals surface area contributed by atoms with Crippen molar-refractivity contribution in [2.24, 2.45) is 5.73 Å². The summed E-state index contributed by atoms with van der Waals surface area (Å²) in [5.74, 6) is 0.120. The number of fused-ring (bicyclic) bond motifs is 1. The van der Waals surface area contributed by atoms with E-state index in [1.165, 1.54) is 16.9 Å². The molecule has 1 aromatic heterocycles. The molecule has 3 rings (SSSR count). The van der Waals surface area contributed by atoms with Crippen LogP contribution in [0.15, 0.2) is 6.07 Å². The fourth-order valence-corrected chi connectivity index (χ4v) is 4.12. The van der Waals surface area contributed by atoms with Crippen molar-refractivity contribution in [3.63, 3.8) is 0 Å². The summed E-state index contributed by atoms with van der Waals surface area (Å²) in [6, 6.07) is 2.76. The molecule has 98 valence electrons. The zero-order chi connectivity index (χ0) is 12.5. The minimum Gasteiger partial charge on any atom is -0.349 e. The molecule has 0 unspecified atom stereocenters. The Labute approximate surface area is 112 Å². The van der Waals surface area contributed by atoms with Crippen LogP contribution in [-0.4, -0.2) is 18.0 Å². The van der Waals surface area contributed by atoms with Crippen LogP contribution in [0.2, 0.25) is 0 Å². The van der Waals surface area contributed by atoms with Gasteiger partial charge in [0, 0.05) is 17.0 Å². The lowest BCUT2D eigenvalue weighted by Gasteiger charge is -2.26. The number of hydrogen-bond donors (Lipinski definition) is 2. The molecule has 0 aromatic carbocycles. The van der Waals surface area contributed by atoms with Crippen molar-refractivity contribution in [2.45, 2.75) is 57.0 Å². The van der Waals surface area contributed by atoms with Crippen LogP contribution in [0.4, 0.5) is 0 Å². The zero-order valence-electron chi connectivity index (χ0n) is 10.6. The number of rotatable bonds is 2. The Bertz CT molecular complexity index is 425. The number of carbonyl (C=O) groups excluding carboxylic acids is 1. The first-order valence-corrected chi connectivity index (χ1v) is 7.72. The molecule has 2 aliphatic carbocycles. The molecular formula is C14H20N2OS. The van der Waals surface area contributed by atoms with Gasteiger partial charge in [-0.2, -0.15) is 0 Å². The summed E-state index contributed by atoms with van der Waals surface area (Å²) in [6.45, 7) is 0. The van der Waals surface area contributed by atoms with E-state index in [0.717, 1.165) is 43.4 Å². The van der Waals surface area contributed by atoms with Crippen molar-refractivity contribution in [2.75, 3.05) is 0 Å². The van der Waals surface area contributed by atoms with Gasteiger partial charge in [-0.05, 0) is 56.6 Å². The molecule has 1 heterocycles. The third-order valence-electron chi connectivity index (χ3n) is 4.08. The highest BCUT2D eigenvalue weighted by Gasteiger charge is 2.23. The third kappa shape index (κ3) is 2.45. The quantitative estimate of drug-likeness (QED) is 0.860. The van der Waals surface area contributed by atoms with E-state index in [1.807, 2.05) is 0 Å². The van der Waals surface area contributed by atoms with Crippen molar-refractivity contribution >= 4 is 17.2 Å². The van der Waals surface area contributed by atoms with Gasteiger partial charge < -0.3 is 11.1 Å². The second-order valence-electron chi connectivity index (χ2n) is 5.50. The summed E-state index contributed by atoms with van der Waals surface area (Å²) < 4.78 is 0. The summed E-state index contributed by atoms with van der Waals surface area (Å²) in [7, 11) is 0. The number of nitrogens with one attached hydrogen (secondary N) is 1. The standard InChI is InChI=1S/C14H20N2OS/c15-10-4-6-11(7-5-10)16-14(17)13-8-9-2-1-3-12(9)18-13/h8,10-11H,1-7,15H2,(H,16,17). The average Bonchev–Trinajstić information content (AvgIpc) is 2.92. The van der Waals surface area contributed by atoms with Crippen LogP contribution >= 0.6 is 11.3 Å². The van der Waals surface area contributed by atoms with Gasteiger partial charge >= 0.3 is 0 Å². The van der Waals surface area contributed by atoms with E-state index in [-0.39, 0.29) is 5.91 Å². The van der Waals surface area contributed by atoms with E-state index in [0.29, 0.717) is 12.1 Å². The van der Waals surface area contributed by atoms with Crippen molar-refractivity contribution < 1.29 is 4.79 Å². The lowest BCUT2D eigenvalue weighted by molar-refractivity contribution is 0.0930. The van der Waals surface area contributed by atoms with Crippen molar-refractivity contribution in [3.05, 3.63) is 21.4 Å². The van der Waals surface area contributed by atoms with E-state index in [9.17, 15) is 4.79 Å². The first-order valence-electron chi connectivity index (χ1n) is 6.90. The largest absolute Gasteiger partial charge is 0.349 e. The molecule has 0 spiro atoms. The first kappa shape index (κ1) is 12.2. The molecule has 0 atom stereocenters. The topological polar surface area (TPSA) is 55.1 Å². The van der Waals surface area contributed by atoms with Gasteiger partial charge in [-0.25, -0.2) is 0 Å². The number of aryl methyl sites for hydroxylation is 2. The molecule has 4 heteroatoms. The maximum absolute atomic E-state index is 12.2. The smallest absolute Gasteiger partial charge is 0.261 e. The maximum atomic E-state index is 12.2. The van der Waals surface area contributed by atoms with Crippen LogP contribution < -0.4 is 11.1 Å². The normalized spacial score (nSPS) is 26.9. The summed E-state index contributed by atoms with van der Waals surface area (Å²) in [6.07, 6.45) is 7.68. The maximum Gasteiger partial charge on any atom is 0.261 e. The molecule has 0 aliphatic heterocycles. The number of amides is 1. The van der Waals surface area contributed by atoms with E-state index in [1.54, 1.807) is 11.3 Å². The Balaban J connectivity index is 1.60. The van der Waals surface area contributed by atoms with Gasteiger partial charge in [-0.15, -0.1) is 11.3 Å². The van der Waals surface area contributed by atoms with Gasteiger partial charge in [0.2, 0.25) is 0 Å². The van der Waals surface area contributed by atoms with E-state index in [4.69, 9.17) is 5.73 Å². The van der Waals surface area contributed by atoms with Gasteiger partial charge in [0.25, 0.3) is 5.91 Å². The van der Waals surface area contributed by atoms with Crippen LogP contribution in [0.3, 0.4) is 0 Å². The van der Waals surface area contributed by atoms with Crippen LogP contribution in [0, 0.1) is 0 Å². The van der Waals surface area contributed by atoms with E-state index < -0.39 is 0 Å². The Morgan fingerprint density at radius 3 is 2.78 bits per heavy atom. The molecule has 1 saturated carbocycles. The molecule has 3 nitrogen and oxygen atoms in total. The van der Waals surface area contributed by atoms with Crippen LogP contribution in [0.1, 0.15) is 52.2 Å². The summed E-state index contributed by atoms with van der Waals surface area (Å²) in [5.41, 5.74) is 7.28. The molecule has 0 radical (unpaired) electrons. The van der Waals surface area contributed by atoms with Crippen molar-refractivity contribution in [1.29, 1.82) is 0 Å². The molecular weight excluding hydrogens is 244 g/mol. The fraction of sp³-hybridized carbons (Fsp3) is 0.643. The monoisotopic (exact) mass is 264 g/mol. The predicted octanol–water partition coefficient (Wildman–Crippen LogP) is 2.24. The number of hydrogen-bond acceptors (Lipinski definition) is 3. The molecule has 0 bridgehead atoms. The molecule has 1 amide bonds. The summed E-state index contributed by atoms with van der Waals surface area (Å²) in [4.78, 5) is 14.5.